The van der Waals surface area contributed by atoms with Crippen molar-refractivity contribution in [1.29, 1.82) is 0 Å². The van der Waals surface area contributed by atoms with Gasteiger partial charge in [0.05, 0.1) is 55.6 Å². The molecule has 12 fully saturated rings. The summed E-state index contributed by atoms with van der Waals surface area (Å²) in [4.78, 5) is 55.4. The first-order valence-corrected chi connectivity index (χ1v) is 40.7. The number of ether oxygens (including phenoxy) is 17. The zero-order valence-electron chi connectivity index (χ0n) is 67.0. The van der Waals surface area contributed by atoms with Gasteiger partial charge < -0.3 is 187 Å². The summed E-state index contributed by atoms with van der Waals surface area (Å²) in [5, 5.41) is 221. The van der Waals surface area contributed by atoms with Crippen LogP contribution in [0.4, 0.5) is 0 Å². The summed E-state index contributed by atoms with van der Waals surface area (Å²) in [6, 6.07) is 0. The third kappa shape index (κ3) is 16.6. The second kappa shape index (κ2) is 35.4. The predicted octanol–water partition coefficient (Wildman–Crippen LogP) is -6.92. The Balaban J connectivity index is 0.757. The molecule has 8 aliphatic heterocycles. The average Bonchev–Trinajstić information content (AvgIpc) is 0.672. The van der Waals surface area contributed by atoms with E-state index in [0.717, 1.165) is 18.8 Å². The van der Waals surface area contributed by atoms with Crippen molar-refractivity contribution < 1.29 is 202 Å². The zero-order valence-corrected chi connectivity index (χ0v) is 67.0. The van der Waals surface area contributed by atoms with E-state index < -0.39 is 323 Å². The second-order valence-electron chi connectivity index (χ2n) is 36.4. The van der Waals surface area contributed by atoms with Gasteiger partial charge in [0.1, 0.15) is 165 Å². The smallest absolute Gasteiger partial charge is 0.335 e. The van der Waals surface area contributed by atoms with Crippen LogP contribution in [-0.4, -0.2) is 393 Å². The highest BCUT2D eigenvalue weighted by molar-refractivity contribution is 5.79. The quantitative estimate of drug-likeness (QED) is 0.0220. The first-order chi connectivity index (χ1) is 55.4. The summed E-state index contributed by atoms with van der Waals surface area (Å²) in [6.07, 6.45) is -63.1. The number of fused-ring (bicyclic) bond motifs is 7. The van der Waals surface area contributed by atoms with Crippen molar-refractivity contribution in [3.8, 4) is 0 Å². The topological polar surface area (TPSA) is 630 Å². The Bertz CT molecular complexity index is 3510. The van der Waals surface area contributed by atoms with E-state index in [1.165, 1.54) is 13.8 Å². The molecule has 0 aromatic heterocycles. The summed E-state index contributed by atoms with van der Waals surface area (Å²) >= 11 is 0. The Hall–Kier alpha value is -3.54. The van der Waals surface area contributed by atoms with Gasteiger partial charge in [0.15, 0.2) is 56.2 Å². The van der Waals surface area contributed by atoms with E-state index in [-0.39, 0.29) is 24.2 Å². The maximum atomic E-state index is 16.0. The fourth-order valence-electron chi connectivity index (χ4n) is 21.5. The largest absolute Gasteiger partial charge is 0.479 e. The van der Waals surface area contributed by atoms with Crippen molar-refractivity contribution in [2.24, 2.45) is 50.2 Å². The molecule has 0 spiro atoms. The van der Waals surface area contributed by atoms with Gasteiger partial charge in [0.25, 0.3) is 0 Å². The minimum Gasteiger partial charge on any atom is -0.479 e. The van der Waals surface area contributed by atoms with Gasteiger partial charge in [-0.1, -0.05) is 53.2 Å². The number of carboxylic acid groups (broad SMARTS) is 1. The summed E-state index contributed by atoms with van der Waals surface area (Å²) in [6.45, 7) is 13.1. The number of esters is 2. The standard InChI is InChI=1S/C77H120O41/c1-27-40(84)47(91)60(116-68-54(98)58(114-67-51(95)46(90)44(88)36(109-67)25-102-29(3)80)55(28(2)107-68)111-65-53(97)56(34(83)24-105-65)112-63-48(92)41(85)32(81)22-103-63)69(106-27)118-71(101)77-18-16-72(4,5)20-31(77)30-10-11-38-73(6)14-13-39(74(7,26-79)37(73)12-15-76(38,9)75(30,8)17-19-77)110-70-61(117-66-50(94)45(89)43(87)35(21-78)108-66)57(52(96)59(115-70)62(99)100)113-64-49(93)42(86)33(82)23-104-64/h10,26-28,31-61,63-70,78,81-98H,11-25H2,1-9H3,(H,99,100)/t27-,28+,31+,32-,33-,34-,35-,36-,37-,38-,39+,40+,41+,42+,43+,44-,45+,46+,47+,48-,49-,50-,51-,52+,53-,54-,55+,56+,57+,58+,59+,60-,61-,63+,64+,65+,66+,67+,68+,69+,70-,73+,74+,75-,76-,77+/m1/s1. The van der Waals surface area contributed by atoms with Crippen molar-refractivity contribution in [2.45, 2.75) is 360 Å². The Kier molecular flexibility index (Phi) is 27.6. The Morgan fingerprint density at radius 3 is 1.58 bits per heavy atom. The van der Waals surface area contributed by atoms with Crippen LogP contribution < -0.4 is 0 Å². The summed E-state index contributed by atoms with van der Waals surface area (Å²) in [7, 11) is 0. The number of hydrogen-bond acceptors (Lipinski definition) is 40. The molecule has 5 aliphatic carbocycles. The van der Waals surface area contributed by atoms with Crippen molar-refractivity contribution >= 4 is 24.2 Å². The molecule has 0 radical (unpaired) electrons. The molecule has 118 heavy (non-hydrogen) atoms. The molecular weight excluding hydrogens is 1580 g/mol. The number of aliphatic hydroxyl groups is 19. The molecular formula is C77H120O41. The van der Waals surface area contributed by atoms with Gasteiger partial charge >= 0.3 is 17.9 Å². The van der Waals surface area contributed by atoms with Crippen LogP contribution in [-0.2, 0) is 99.7 Å². The van der Waals surface area contributed by atoms with Crippen molar-refractivity contribution in [3.05, 3.63) is 11.6 Å². The summed E-state index contributed by atoms with van der Waals surface area (Å²) in [5.74, 6) is -4.40. The van der Waals surface area contributed by atoms with Crippen LogP contribution in [0.2, 0.25) is 0 Å². The molecule has 0 unspecified atom stereocenters. The zero-order chi connectivity index (χ0) is 86.0. The van der Waals surface area contributed by atoms with Crippen molar-refractivity contribution in [2.75, 3.05) is 33.0 Å². The van der Waals surface area contributed by atoms with Crippen molar-refractivity contribution in [1.82, 2.24) is 0 Å². The molecule has 674 valence electrons. The monoisotopic (exact) mass is 1700 g/mol. The molecule has 0 amide bonds. The number of carboxylic acids is 1. The van der Waals surface area contributed by atoms with Crippen LogP contribution in [0.25, 0.3) is 0 Å². The van der Waals surface area contributed by atoms with Crippen molar-refractivity contribution in [3.63, 3.8) is 0 Å². The first kappa shape index (κ1) is 92.1. The molecule has 46 atom stereocenters. The maximum absolute atomic E-state index is 16.0. The lowest BCUT2D eigenvalue weighted by molar-refractivity contribution is -0.397. The SMILES string of the molecule is CC(=O)OC[C@H]1O[C@@H](O[C@H]2[C@@H](O)[C@H](O[C@H]3[C@H](OC(=O)[C@]45CCC(C)(C)C[C@H]4C4=CC[C@@H]6[C@@]7(C)CC[C@H](O[C@@H]8O[C@H](C(=O)O)[C@@H](O)[C@H](O[C@@H]9OC[C@@H](O)[C@H](O)[C@H]9O)[C@H]8O[C@@H]8O[C@H](CO)[C@H](O)[C@H](O)[C@H]8O)[C@@](C)(C=O)[C@@H]7CC[C@@]6(C)[C@]4(C)CC5)O[C@H](C)[C@H](O)[C@@H]3O)O[C@@H](C)[C@@H]2O[C@@H]2OC[C@@H](O)[C@H](O[C@@H]3OC[C@@H](O)[C@H](O)[C@H]3O)[C@H]2O)[C@H](O)[C@@H](O)[C@@H]1O. The lowest BCUT2D eigenvalue weighted by atomic mass is 9.33. The van der Waals surface area contributed by atoms with Gasteiger partial charge in [-0.2, -0.15) is 0 Å². The number of allylic oxidation sites excluding steroid dienone is 2. The Labute approximate surface area is 678 Å². The Morgan fingerprint density at radius 2 is 0.975 bits per heavy atom. The van der Waals surface area contributed by atoms with Gasteiger partial charge in [-0.3, -0.25) is 9.59 Å². The van der Waals surface area contributed by atoms with E-state index >= 15 is 4.79 Å². The molecule has 8 heterocycles. The molecule has 41 nitrogen and oxygen atoms in total. The number of carbonyl (C=O) groups excluding carboxylic acids is 3. The third-order valence-corrected chi connectivity index (χ3v) is 28.8. The summed E-state index contributed by atoms with van der Waals surface area (Å²) in [5.41, 5.74) is -3.88. The third-order valence-electron chi connectivity index (χ3n) is 28.8. The number of aldehydes is 1. The molecule has 0 aromatic rings. The molecule has 8 saturated heterocycles. The lowest BCUT2D eigenvalue weighted by Crippen LogP contribution is -2.69. The molecule has 0 aromatic carbocycles. The van der Waals surface area contributed by atoms with E-state index in [2.05, 4.69) is 40.7 Å². The van der Waals surface area contributed by atoms with Crippen LogP contribution in [0.15, 0.2) is 11.6 Å². The van der Waals surface area contributed by atoms with Gasteiger partial charge in [-0.15, -0.1) is 0 Å². The minimum absolute atomic E-state index is 0.112. The fourth-order valence-corrected chi connectivity index (χ4v) is 21.5. The predicted molar refractivity (Wildman–Crippen MR) is 383 cm³/mol. The lowest BCUT2D eigenvalue weighted by Gasteiger charge is -2.71. The molecule has 13 aliphatic rings. The molecule has 13 rings (SSSR count). The normalized spacial score (nSPS) is 53.6. The highest BCUT2D eigenvalue weighted by atomic mass is 16.8. The number of rotatable bonds is 21. The van der Waals surface area contributed by atoms with Gasteiger partial charge in [0, 0.05) is 6.92 Å². The highest BCUT2D eigenvalue weighted by Gasteiger charge is 2.72. The van der Waals surface area contributed by atoms with Gasteiger partial charge in [-0.25, -0.2) is 4.79 Å². The van der Waals surface area contributed by atoms with Crippen LogP contribution in [0.5, 0.6) is 0 Å². The minimum atomic E-state index is -2.23. The van der Waals surface area contributed by atoms with E-state index in [4.69, 9.17) is 80.5 Å². The molecule has 41 heteroatoms. The van der Waals surface area contributed by atoms with Crippen LogP contribution in [0.3, 0.4) is 0 Å². The van der Waals surface area contributed by atoms with E-state index in [0.29, 0.717) is 51.4 Å². The van der Waals surface area contributed by atoms with E-state index in [9.17, 15) is 117 Å². The molecule has 4 saturated carbocycles. The van der Waals surface area contributed by atoms with Crippen LogP contribution in [0.1, 0.15) is 127 Å². The van der Waals surface area contributed by atoms with Gasteiger partial charge in [0.2, 0.25) is 6.29 Å². The summed E-state index contributed by atoms with van der Waals surface area (Å²) < 4.78 is 102. The van der Waals surface area contributed by atoms with E-state index in [1.807, 2.05) is 0 Å². The Morgan fingerprint density at radius 1 is 0.466 bits per heavy atom. The number of aliphatic hydroxyl groups excluding tert-OH is 19. The first-order valence-electron chi connectivity index (χ1n) is 40.7. The maximum Gasteiger partial charge on any atom is 0.335 e. The molecule has 0 bridgehead atoms. The molecule has 20 N–H and O–H groups in total. The van der Waals surface area contributed by atoms with Crippen LogP contribution >= 0.6 is 0 Å². The number of carbonyl (C=O) groups is 4. The second-order valence-corrected chi connectivity index (χ2v) is 36.4. The average molecular weight is 1700 g/mol. The van der Waals surface area contributed by atoms with Crippen LogP contribution in [0, 0.1) is 50.2 Å². The number of hydrogen-bond donors (Lipinski definition) is 20. The number of aliphatic carboxylic acids is 1. The fraction of sp³-hybridized carbons (Fsp3) is 0.922. The highest BCUT2D eigenvalue weighted by Crippen LogP contribution is 2.76. The van der Waals surface area contributed by atoms with Gasteiger partial charge in [-0.05, 0) is 117 Å². The van der Waals surface area contributed by atoms with E-state index in [1.54, 1.807) is 6.92 Å².